The monoisotopic (exact) mass is 354 g/mol. The summed E-state index contributed by atoms with van der Waals surface area (Å²) in [6, 6.07) is 7.53. The van der Waals surface area contributed by atoms with Gasteiger partial charge in [0.25, 0.3) is 0 Å². The molecular formula is C19H34O2SSi. The molecule has 0 fully saturated rings. The van der Waals surface area contributed by atoms with Gasteiger partial charge in [-0.25, -0.2) is 0 Å². The van der Waals surface area contributed by atoms with Crippen molar-refractivity contribution in [2.75, 3.05) is 6.61 Å². The first-order valence-electron chi connectivity index (χ1n) is 8.96. The lowest BCUT2D eigenvalue weighted by Gasteiger charge is -2.35. The molecule has 2 atom stereocenters. The third kappa shape index (κ3) is 5.01. The molecule has 0 saturated carbocycles. The van der Waals surface area contributed by atoms with E-state index in [-0.39, 0.29) is 4.87 Å². The van der Waals surface area contributed by atoms with Crippen LogP contribution in [0.5, 0.6) is 5.75 Å². The smallest absolute Gasteiger partial charge is 0.411 e. The summed E-state index contributed by atoms with van der Waals surface area (Å²) in [5, 5.41) is 0. The van der Waals surface area contributed by atoms with Gasteiger partial charge in [-0.3, -0.25) is 0 Å². The van der Waals surface area contributed by atoms with Crippen molar-refractivity contribution >= 4 is 21.2 Å². The van der Waals surface area contributed by atoms with Crippen LogP contribution in [0, 0.1) is 0 Å². The van der Waals surface area contributed by atoms with E-state index in [1.165, 1.54) is 11.1 Å². The maximum absolute atomic E-state index is 6.61. The summed E-state index contributed by atoms with van der Waals surface area (Å²) in [5.41, 5.74) is 2.64. The summed E-state index contributed by atoms with van der Waals surface area (Å²) in [4.78, 5) is 0.178. The number of rotatable bonds is 9. The quantitative estimate of drug-likeness (QED) is 0.429. The second-order valence-electron chi connectivity index (χ2n) is 6.73. The molecule has 2 unspecified atom stereocenters. The first kappa shape index (κ1) is 20.6. The third-order valence-corrected chi connectivity index (χ3v) is 9.68. The molecule has 0 bridgehead atoms. The number of hydrogen-bond acceptors (Lipinski definition) is 3. The van der Waals surface area contributed by atoms with E-state index >= 15 is 0 Å². The fourth-order valence-electron chi connectivity index (χ4n) is 2.82. The van der Waals surface area contributed by atoms with Crippen molar-refractivity contribution in [1.29, 1.82) is 0 Å². The van der Waals surface area contributed by atoms with E-state index in [9.17, 15) is 0 Å². The molecule has 0 aromatic heterocycles. The van der Waals surface area contributed by atoms with Crippen LogP contribution in [0.4, 0.5) is 0 Å². The normalized spacial score (nSPS) is 15.7. The van der Waals surface area contributed by atoms with Crippen molar-refractivity contribution in [1.82, 2.24) is 0 Å². The Morgan fingerprint density at radius 2 is 1.70 bits per heavy atom. The molecule has 0 aliphatic heterocycles. The molecule has 4 heteroatoms. The van der Waals surface area contributed by atoms with Crippen LogP contribution in [0.25, 0.3) is 0 Å². The lowest BCUT2D eigenvalue weighted by molar-refractivity contribution is 0.247. The highest BCUT2D eigenvalue weighted by Gasteiger charge is 2.44. The molecule has 0 aliphatic carbocycles. The molecule has 0 spiro atoms. The van der Waals surface area contributed by atoms with Crippen LogP contribution in [0.3, 0.4) is 0 Å². The fourth-order valence-corrected chi connectivity index (χ4v) is 6.62. The van der Waals surface area contributed by atoms with Crippen molar-refractivity contribution in [3.63, 3.8) is 0 Å². The zero-order valence-corrected chi connectivity index (χ0v) is 17.7. The van der Waals surface area contributed by atoms with Gasteiger partial charge in [0, 0.05) is 12.7 Å². The van der Waals surface area contributed by atoms with Crippen molar-refractivity contribution in [3.8, 4) is 5.75 Å². The van der Waals surface area contributed by atoms with Crippen molar-refractivity contribution in [2.24, 2.45) is 0 Å². The van der Waals surface area contributed by atoms with Crippen LogP contribution in [0.2, 0.25) is 6.04 Å². The highest BCUT2D eigenvalue weighted by molar-refractivity contribution is 7.83. The molecule has 0 radical (unpaired) electrons. The Kier molecular flexibility index (Phi) is 8.18. The zero-order chi connectivity index (χ0) is 17.6. The Morgan fingerprint density at radius 1 is 1.04 bits per heavy atom. The largest absolute Gasteiger partial charge is 0.519 e. The summed E-state index contributed by atoms with van der Waals surface area (Å²) in [5.74, 6) is 1.93. The molecule has 0 N–H and O–H groups in total. The predicted molar refractivity (Wildman–Crippen MR) is 106 cm³/mol. The summed E-state index contributed by atoms with van der Waals surface area (Å²) in [6.45, 7) is 15.9. The molecular weight excluding hydrogens is 320 g/mol. The summed E-state index contributed by atoms with van der Waals surface area (Å²) in [6.07, 6.45) is 0.963. The second kappa shape index (κ2) is 9.14. The van der Waals surface area contributed by atoms with E-state index < -0.39 is 8.56 Å². The maximum atomic E-state index is 6.61. The van der Waals surface area contributed by atoms with E-state index in [1.807, 2.05) is 6.92 Å². The maximum Gasteiger partial charge on any atom is 0.411 e. The van der Waals surface area contributed by atoms with Crippen molar-refractivity contribution < 1.29 is 8.85 Å². The van der Waals surface area contributed by atoms with E-state index in [4.69, 9.17) is 21.5 Å². The average molecular weight is 355 g/mol. The van der Waals surface area contributed by atoms with Gasteiger partial charge in [-0.1, -0.05) is 53.7 Å². The SMILES string of the molecule is CCO[Si](CC)(Oc1ccc(C(C)C)cc1C(C)C)C(S)CC. The zero-order valence-electron chi connectivity index (χ0n) is 15.8. The number of benzene rings is 1. The van der Waals surface area contributed by atoms with Crippen LogP contribution in [0.15, 0.2) is 18.2 Å². The topological polar surface area (TPSA) is 18.5 Å². The first-order valence-corrected chi connectivity index (χ1v) is 11.6. The Morgan fingerprint density at radius 3 is 2.13 bits per heavy atom. The minimum Gasteiger partial charge on any atom is -0.519 e. The summed E-state index contributed by atoms with van der Waals surface area (Å²) >= 11 is 4.81. The molecule has 0 heterocycles. The van der Waals surface area contributed by atoms with Crippen molar-refractivity contribution in [2.45, 2.75) is 77.6 Å². The van der Waals surface area contributed by atoms with Gasteiger partial charge in [0.2, 0.25) is 0 Å². The molecule has 0 aliphatic rings. The molecule has 2 nitrogen and oxygen atoms in total. The van der Waals surface area contributed by atoms with Crippen molar-refractivity contribution in [3.05, 3.63) is 29.3 Å². The van der Waals surface area contributed by atoms with Gasteiger partial charge in [-0.2, -0.15) is 12.6 Å². The Hall–Kier alpha value is -0.453. The second-order valence-corrected chi connectivity index (χ2v) is 11.4. The predicted octanol–water partition coefficient (Wildman–Crippen LogP) is 6.06. The van der Waals surface area contributed by atoms with E-state index in [0.717, 1.165) is 18.2 Å². The minimum absolute atomic E-state index is 0.178. The Bertz CT molecular complexity index is 490. The van der Waals surface area contributed by atoms with E-state index in [0.29, 0.717) is 18.4 Å². The minimum atomic E-state index is -2.37. The average Bonchev–Trinajstić information content (AvgIpc) is 2.53. The van der Waals surface area contributed by atoms with Gasteiger partial charge < -0.3 is 8.85 Å². The van der Waals surface area contributed by atoms with Crippen LogP contribution in [0.1, 0.15) is 77.8 Å². The Balaban J connectivity index is 3.27. The molecule has 0 saturated heterocycles. The first-order chi connectivity index (χ1) is 10.8. The van der Waals surface area contributed by atoms with Crippen LogP contribution in [-0.4, -0.2) is 20.0 Å². The standard InChI is InChI=1S/C19H34O2SSi/c1-8-19(22)23(10-3,20-9-2)21-18-12-11-16(14(4)5)13-17(18)15(6)7/h11-15,19,22H,8-10H2,1-7H3. The van der Waals surface area contributed by atoms with Gasteiger partial charge in [0.1, 0.15) is 5.75 Å². The van der Waals surface area contributed by atoms with Crippen LogP contribution >= 0.6 is 12.6 Å². The molecule has 132 valence electrons. The van der Waals surface area contributed by atoms with Crippen LogP contribution in [-0.2, 0) is 4.43 Å². The molecule has 1 aromatic carbocycles. The number of hydrogen-bond donors (Lipinski definition) is 1. The molecule has 0 amide bonds. The van der Waals surface area contributed by atoms with Gasteiger partial charge in [0.15, 0.2) is 0 Å². The van der Waals surface area contributed by atoms with Gasteiger partial charge in [-0.15, -0.1) is 0 Å². The lowest BCUT2D eigenvalue weighted by atomic mass is 9.95. The number of thiol groups is 1. The van der Waals surface area contributed by atoms with Crippen LogP contribution < -0.4 is 4.43 Å². The summed E-state index contributed by atoms with van der Waals surface area (Å²) in [7, 11) is -2.37. The molecule has 1 rings (SSSR count). The fraction of sp³-hybridized carbons (Fsp3) is 0.684. The lowest BCUT2D eigenvalue weighted by Crippen LogP contribution is -2.53. The van der Waals surface area contributed by atoms with E-state index in [1.54, 1.807) is 0 Å². The third-order valence-electron chi connectivity index (χ3n) is 4.38. The van der Waals surface area contributed by atoms with Gasteiger partial charge in [-0.05, 0) is 42.4 Å². The molecule has 23 heavy (non-hydrogen) atoms. The highest BCUT2D eigenvalue weighted by Crippen LogP contribution is 2.34. The van der Waals surface area contributed by atoms with Gasteiger partial charge >= 0.3 is 8.56 Å². The van der Waals surface area contributed by atoms with Gasteiger partial charge in [0.05, 0.1) is 4.87 Å². The highest BCUT2D eigenvalue weighted by atomic mass is 32.1. The summed E-state index contributed by atoms with van der Waals surface area (Å²) < 4.78 is 12.8. The van der Waals surface area contributed by atoms with E-state index in [2.05, 4.69) is 59.7 Å². The molecule has 1 aromatic rings. The Labute approximate surface area is 149 Å².